The van der Waals surface area contributed by atoms with Crippen LogP contribution in [0.15, 0.2) is 30.4 Å². The fourth-order valence-corrected chi connectivity index (χ4v) is 4.18. The maximum atomic E-state index is 13.3. The van der Waals surface area contributed by atoms with Gasteiger partial charge in [0.2, 0.25) is 5.91 Å². The summed E-state index contributed by atoms with van der Waals surface area (Å²) in [5.41, 5.74) is 1.68. The smallest absolute Gasteiger partial charge is 0.453 e. The minimum atomic E-state index is -0.700. The van der Waals surface area contributed by atoms with Gasteiger partial charge in [-0.15, -0.1) is 0 Å². The van der Waals surface area contributed by atoms with Crippen molar-refractivity contribution in [1.82, 2.24) is 20.2 Å². The maximum absolute atomic E-state index is 13.3. The summed E-state index contributed by atoms with van der Waals surface area (Å²) in [4.78, 5) is 34.9. The van der Waals surface area contributed by atoms with Gasteiger partial charge in [0, 0.05) is 6.54 Å². The molecule has 2 aliphatic heterocycles. The van der Waals surface area contributed by atoms with Crippen molar-refractivity contribution < 1.29 is 23.6 Å². The normalized spacial score (nSPS) is 21.9. The van der Waals surface area contributed by atoms with Crippen molar-refractivity contribution in [3.63, 3.8) is 0 Å². The van der Waals surface area contributed by atoms with Crippen LogP contribution in [0.1, 0.15) is 53.4 Å². The van der Waals surface area contributed by atoms with Gasteiger partial charge in [0.05, 0.1) is 29.3 Å². The van der Waals surface area contributed by atoms with Crippen LogP contribution in [0.5, 0.6) is 0 Å². The highest BCUT2D eigenvalue weighted by Gasteiger charge is 2.51. The van der Waals surface area contributed by atoms with Crippen molar-refractivity contribution in [3.8, 4) is 0 Å². The van der Waals surface area contributed by atoms with Crippen molar-refractivity contribution in [1.29, 1.82) is 0 Å². The zero-order valence-corrected chi connectivity index (χ0v) is 20.8. The summed E-state index contributed by atoms with van der Waals surface area (Å²) >= 11 is 0. The Morgan fingerprint density at radius 1 is 1.24 bits per heavy atom. The highest BCUT2D eigenvalue weighted by atomic mass is 16.7. The van der Waals surface area contributed by atoms with E-state index in [0.717, 1.165) is 16.5 Å². The number of benzene rings is 1. The van der Waals surface area contributed by atoms with Gasteiger partial charge in [-0.05, 0) is 51.2 Å². The van der Waals surface area contributed by atoms with Gasteiger partial charge >= 0.3 is 13.2 Å². The molecule has 34 heavy (non-hydrogen) atoms. The van der Waals surface area contributed by atoms with E-state index in [1.54, 1.807) is 4.90 Å². The number of alkyl carbamates (subject to hydrolysis) is 1. The van der Waals surface area contributed by atoms with E-state index in [1.807, 2.05) is 71.9 Å². The minimum Gasteiger partial charge on any atom is -0.453 e. The summed E-state index contributed by atoms with van der Waals surface area (Å²) in [7, 11) is 0.811. The SMILES string of the molecule is COC(=O)N[C@H](C(=O)N1CC=C[C@H]1c1nc2ccc(B3OC(C)(C)C(C)(C)O3)cc2[nH]1)C(C)C. The number of methoxy groups -OCH3 is 1. The number of carbonyl (C=O) groups is 2. The van der Waals surface area contributed by atoms with Gasteiger partial charge in [0.1, 0.15) is 17.9 Å². The lowest BCUT2D eigenvalue weighted by atomic mass is 9.79. The van der Waals surface area contributed by atoms with Crippen LogP contribution in [-0.2, 0) is 18.8 Å². The molecule has 1 aromatic carbocycles. The Morgan fingerprint density at radius 2 is 1.91 bits per heavy atom. The number of carbonyl (C=O) groups excluding carboxylic acids is 2. The van der Waals surface area contributed by atoms with E-state index in [1.165, 1.54) is 7.11 Å². The van der Waals surface area contributed by atoms with Gasteiger partial charge in [-0.3, -0.25) is 4.79 Å². The quantitative estimate of drug-likeness (QED) is 0.517. The van der Waals surface area contributed by atoms with Crippen LogP contribution in [0.3, 0.4) is 0 Å². The molecular weight excluding hydrogens is 435 g/mol. The van der Waals surface area contributed by atoms with E-state index in [4.69, 9.17) is 19.0 Å². The number of H-pyrrole nitrogens is 1. The molecule has 4 rings (SSSR count). The van der Waals surface area contributed by atoms with Gasteiger partial charge in [0.25, 0.3) is 0 Å². The molecule has 1 fully saturated rings. The molecule has 2 atom stereocenters. The molecule has 2 aliphatic rings. The average molecular weight is 468 g/mol. The van der Waals surface area contributed by atoms with Crippen LogP contribution in [0, 0.1) is 5.92 Å². The summed E-state index contributed by atoms with van der Waals surface area (Å²) in [6, 6.07) is 4.80. The molecular formula is C24H33BN4O5. The lowest BCUT2D eigenvalue weighted by molar-refractivity contribution is -0.135. The predicted molar refractivity (Wildman–Crippen MR) is 130 cm³/mol. The number of ether oxygens (including phenoxy) is 1. The molecule has 0 radical (unpaired) electrons. The van der Waals surface area contributed by atoms with E-state index in [-0.39, 0.29) is 17.9 Å². The van der Waals surface area contributed by atoms with Crippen LogP contribution in [-0.4, -0.2) is 64.9 Å². The summed E-state index contributed by atoms with van der Waals surface area (Å²) < 4.78 is 17.1. The van der Waals surface area contributed by atoms with Crippen LogP contribution >= 0.6 is 0 Å². The van der Waals surface area contributed by atoms with Crippen molar-refractivity contribution in [2.75, 3.05) is 13.7 Å². The first-order valence-corrected chi connectivity index (χ1v) is 11.6. The monoisotopic (exact) mass is 468 g/mol. The van der Waals surface area contributed by atoms with Crippen molar-refractivity contribution >= 4 is 35.6 Å². The first-order valence-electron chi connectivity index (χ1n) is 11.6. The van der Waals surface area contributed by atoms with E-state index in [9.17, 15) is 9.59 Å². The van der Waals surface area contributed by atoms with Crippen molar-refractivity contribution in [2.24, 2.45) is 5.92 Å². The predicted octanol–water partition coefficient (Wildman–Crippen LogP) is 2.68. The molecule has 2 amide bonds. The number of rotatable bonds is 5. The second kappa shape index (κ2) is 8.74. The number of nitrogens with one attached hydrogen (secondary N) is 2. The van der Waals surface area contributed by atoms with Crippen LogP contribution in [0.25, 0.3) is 11.0 Å². The largest absolute Gasteiger partial charge is 0.494 e. The Kier molecular flexibility index (Phi) is 6.24. The highest BCUT2D eigenvalue weighted by Crippen LogP contribution is 2.36. The summed E-state index contributed by atoms with van der Waals surface area (Å²) in [5.74, 6) is 0.364. The fourth-order valence-electron chi connectivity index (χ4n) is 4.18. The third-order valence-electron chi connectivity index (χ3n) is 6.96. The van der Waals surface area contributed by atoms with E-state index in [2.05, 4.69) is 10.3 Å². The number of fused-ring (bicyclic) bond motifs is 1. The van der Waals surface area contributed by atoms with Gasteiger partial charge < -0.3 is 29.2 Å². The molecule has 2 N–H and O–H groups in total. The molecule has 10 heteroatoms. The molecule has 2 aromatic rings. The minimum absolute atomic E-state index is 0.106. The molecule has 9 nitrogen and oxygen atoms in total. The van der Waals surface area contributed by atoms with Gasteiger partial charge in [-0.1, -0.05) is 32.1 Å². The molecule has 182 valence electrons. The summed E-state index contributed by atoms with van der Waals surface area (Å²) in [5, 5.41) is 2.65. The van der Waals surface area contributed by atoms with E-state index < -0.39 is 30.5 Å². The Bertz CT molecular complexity index is 1110. The molecule has 0 bridgehead atoms. The van der Waals surface area contributed by atoms with Crippen molar-refractivity contribution in [3.05, 3.63) is 36.2 Å². The number of hydrogen-bond acceptors (Lipinski definition) is 6. The topological polar surface area (TPSA) is 106 Å². The number of aromatic amines is 1. The molecule has 0 unspecified atom stereocenters. The Labute approximate surface area is 200 Å². The van der Waals surface area contributed by atoms with Crippen LogP contribution < -0.4 is 10.8 Å². The first-order chi connectivity index (χ1) is 15.9. The zero-order chi connectivity index (χ0) is 24.8. The lowest BCUT2D eigenvalue weighted by Gasteiger charge is -2.32. The summed E-state index contributed by atoms with van der Waals surface area (Å²) in [6.45, 7) is 12.3. The van der Waals surface area contributed by atoms with E-state index >= 15 is 0 Å². The van der Waals surface area contributed by atoms with Crippen LogP contribution in [0.2, 0.25) is 0 Å². The van der Waals surface area contributed by atoms with E-state index in [0.29, 0.717) is 12.4 Å². The Morgan fingerprint density at radius 3 is 2.53 bits per heavy atom. The number of hydrogen-bond donors (Lipinski definition) is 2. The molecule has 1 aromatic heterocycles. The van der Waals surface area contributed by atoms with Gasteiger partial charge in [0.15, 0.2) is 0 Å². The van der Waals surface area contributed by atoms with Crippen molar-refractivity contribution in [2.45, 2.75) is 64.8 Å². The maximum Gasteiger partial charge on any atom is 0.494 e. The third kappa shape index (κ3) is 4.32. The standard InChI is InChI=1S/C24H33BN4O5/c1-14(2)19(28-22(31)32-7)21(30)29-12-8-9-18(29)20-26-16-11-10-15(13-17(16)27-20)25-33-23(3,4)24(5,6)34-25/h8-11,13-14,18-19H,12H2,1-7H3,(H,26,27)(H,28,31)/t18-,19-/m0/s1. The Hall–Kier alpha value is -2.85. The molecule has 1 saturated heterocycles. The highest BCUT2D eigenvalue weighted by molar-refractivity contribution is 6.62. The summed E-state index contributed by atoms with van der Waals surface area (Å²) in [6.07, 6.45) is 3.25. The second-order valence-corrected chi connectivity index (χ2v) is 10.2. The second-order valence-electron chi connectivity index (χ2n) is 10.2. The molecule has 0 saturated carbocycles. The Balaban J connectivity index is 1.58. The molecule has 0 spiro atoms. The number of nitrogens with zero attached hydrogens (tertiary/aromatic N) is 2. The zero-order valence-electron chi connectivity index (χ0n) is 20.8. The average Bonchev–Trinajstić information content (AvgIpc) is 3.46. The number of amides is 2. The van der Waals surface area contributed by atoms with Gasteiger partial charge in [-0.25, -0.2) is 9.78 Å². The first kappa shape index (κ1) is 24.3. The third-order valence-corrected chi connectivity index (χ3v) is 6.96. The number of aromatic nitrogens is 2. The number of imidazole rings is 1. The lowest BCUT2D eigenvalue weighted by Crippen LogP contribution is -2.51. The fraction of sp³-hybridized carbons (Fsp3) is 0.542. The molecule has 0 aliphatic carbocycles. The van der Waals surface area contributed by atoms with Gasteiger partial charge in [-0.2, -0.15) is 0 Å². The van der Waals surface area contributed by atoms with Crippen LogP contribution in [0.4, 0.5) is 4.79 Å². The molecule has 3 heterocycles.